The molecule has 0 atom stereocenters. The maximum absolute atomic E-state index is 14.4. The van der Waals surface area contributed by atoms with E-state index in [0.717, 1.165) is 16.7 Å². The molecule has 3 aromatic heterocycles. The van der Waals surface area contributed by atoms with Gasteiger partial charge in [-0.1, -0.05) is 41.1 Å². The number of ether oxygens (including phenoxy) is 1. The molecule has 2 aromatic carbocycles. The van der Waals surface area contributed by atoms with E-state index < -0.39 is 5.60 Å². The minimum absolute atomic E-state index is 0.205. The number of benzene rings is 2. The van der Waals surface area contributed by atoms with Crippen molar-refractivity contribution in [3.63, 3.8) is 0 Å². The summed E-state index contributed by atoms with van der Waals surface area (Å²) in [6.45, 7) is 6.16. The van der Waals surface area contributed by atoms with Crippen LogP contribution in [-0.2, 0) is 16.9 Å². The molecule has 37 heavy (non-hydrogen) atoms. The van der Waals surface area contributed by atoms with E-state index >= 15 is 0 Å². The summed E-state index contributed by atoms with van der Waals surface area (Å²) in [5.41, 5.74) is 4.35. The minimum Gasteiger partial charge on any atom is -0.466 e. The Hall–Kier alpha value is -4.66. The molecule has 0 radical (unpaired) electrons. The largest absolute Gasteiger partial charge is 0.466 e. The first-order chi connectivity index (χ1) is 17.9. The zero-order valence-electron chi connectivity index (χ0n) is 20.5. The second-order valence-electron chi connectivity index (χ2n) is 9.37. The van der Waals surface area contributed by atoms with Crippen LogP contribution in [0.25, 0.3) is 22.9 Å². The zero-order chi connectivity index (χ0) is 25.6. The molecule has 0 fully saturated rings. The zero-order valence-corrected chi connectivity index (χ0v) is 20.5. The van der Waals surface area contributed by atoms with Crippen molar-refractivity contribution in [2.75, 3.05) is 0 Å². The average Bonchev–Trinajstić information content (AvgIpc) is 3.55. The lowest BCUT2D eigenvalue weighted by atomic mass is 9.98. The number of halogens is 1. The van der Waals surface area contributed by atoms with Crippen molar-refractivity contribution in [1.29, 1.82) is 0 Å². The summed E-state index contributed by atoms with van der Waals surface area (Å²) in [5, 5.41) is 8.76. The number of aryl methyl sites for hydroxylation is 1. The van der Waals surface area contributed by atoms with Crippen LogP contribution < -0.4 is 0 Å². The van der Waals surface area contributed by atoms with Crippen LogP contribution in [0.4, 0.5) is 10.2 Å². The third kappa shape index (κ3) is 4.29. The van der Waals surface area contributed by atoms with E-state index in [4.69, 9.17) is 24.3 Å². The van der Waals surface area contributed by atoms with Crippen LogP contribution in [0.15, 0.2) is 82.6 Å². The molecule has 4 heterocycles. The van der Waals surface area contributed by atoms with Crippen molar-refractivity contribution >= 4 is 11.7 Å². The van der Waals surface area contributed by atoms with Crippen LogP contribution in [0, 0.1) is 12.7 Å². The van der Waals surface area contributed by atoms with Gasteiger partial charge in [0, 0.05) is 23.4 Å². The Balaban J connectivity index is 1.43. The molecule has 9 heteroatoms. The SMILES string of the molecule is Cc1ccc(C2=Nc3nc(-c4cc(-c5ccon5)n(Cc5ccccc5F)n4)ncc3C(C)(C)O2)cc1. The van der Waals surface area contributed by atoms with Gasteiger partial charge < -0.3 is 9.26 Å². The van der Waals surface area contributed by atoms with Crippen molar-refractivity contribution in [2.45, 2.75) is 32.9 Å². The van der Waals surface area contributed by atoms with E-state index in [-0.39, 0.29) is 12.4 Å². The third-order valence-electron chi connectivity index (χ3n) is 6.26. The molecule has 0 amide bonds. The summed E-state index contributed by atoms with van der Waals surface area (Å²) < 4.78 is 27.3. The smallest absolute Gasteiger partial charge is 0.223 e. The van der Waals surface area contributed by atoms with Gasteiger partial charge in [-0.05, 0) is 45.0 Å². The van der Waals surface area contributed by atoms with Crippen molar-refractivity contribution < 1.29 is 13.7 Å². The average molecular weight is 495 g/mol. The van der Waals surface area contributed by atoms with E-state index in [1.807, 2.05) is 51.1 Å². The van der Waals surface area contributed by atoms with Crippen molar-refractivity contribution in [2.24, 2.45) is 4.99 Å². The Morgan fingerprint density at radius 3 is 2.57 bits per heavy atom. The van der Waals surface area contributed by atoms with Gasteiger partial charge in [0.2, 0.25) is 5.90 Å². The molecule has 1 aliphatic heterocycles. The number of hydrogen-bond acceptors (Lipinski definition) is 7. The van der Waals surface area contributed by atoms with Crippen molar-refractivity contribution in [3.8, 4) is 22.9 Å². The first-order valence-electron chi connectivity index (χ1n) is 11.8. The van der Waals surface area contributed by atoms with Gasteiger partial charge in [0.1, 0.15) is 29.1 Å². The van der Waals surface area contributed by atoms with Crippen LogP contribution in [0.5, 0.6) is 0 Å². The van der Waals surface area contributed by atoms with E-state index in [1.54, 1.807) is 35.1 Å². The van der Waals surface area contributed by atoms with Gasteiger partial charge in [-0.25, -0.2) is 14.4 Å². The molecule has 0 saturated heterocycles. The monoisotopic (exact) mass is 494 g/mol. The molecule has 8 nitrogen and oxygen atoms in total. The van der Waals surface area contributed by atoms with Gasteiger partial charge >= 0.3 is 0 Å². The van der Waals surface area contributed by atoms with Gasteiger partial charge in [-0.2, -0.15) is 10.1 Å². The lowest BCUT2D eigenvalue weighted by molar-refractivity contribution is 0.0904. The Morgan fingerprint density at radius 1 is 1.00 bits per heavy atom. The Bertz CT molecular complexity index is 1620. The van der Waals surface area contributed by atoms with Gasteiger partial charge in [-0.15, -0.1) is 0 Å². The fourth-order valence-corrected chi connectivity index (χ4v) is 4.23. The van der Waals surface area contributed by atoms with E-state index in [9.17, 15) is 4.39 Å². The van der Waals surface area contributed by atoms with E-state index in [2.05, 4.69) is 10.1 Å². The van der Waals surface area contributed by atoms with Crippen LogP contribution >= 0.6 is 0 Å². The molecular formula is C28H23FN6O2. The predicted molar refractivity (Wildman–Crippen MR) is 136 cm³/mol. The third-order valence-corrected chi connectivity index (χ3v) is 6.26. The van der Waals surface area contributed by atoms with Crippen LogP contribution in [0.3, 0.4) is 0 Å². The molecule has 0 spiro atoms. The van der Waals surface area contributed by atoms with Crippen LogP contribution in [-0.4, -0.2) is 30.8 Å². The predicted octanol–water partition coefficient (Wildman–Crippen LogP) is 5.83. The molecule has 6 rings (SSSR count). The lowest BCUT2D eigenvalue weighted by Gasteiger charge is -2.31. The van der Waals surface area contributed by atoms with Gasteiger partial charge in [0.25, 0.3) is 0 Å². The van der Waals surface area contributed by atoms with Crippen molar-refractivity contribution in [3.05, 3.63) is 101 Å². The molecule has 0 saturated carbocycles. The van der Waals surface area contributed by atoms with E-state index in [0.29, 0.717) is 40.2 Å². The number of nitrogens with zero attached hydrogens (tertiary/aromatic N) is 6. The molecule has 0 unspecified atom stereocenters. The summed E-state index contributed by atoms with van der Waals surface area (Å²) in [5.74, 6) is 1.09. The highest BCUT2D eigenvalue weighted by Crippen LogP contribution is 2.38. The maximum atomic E-state index is 14.4. The number of rotatable bonds is 5. The number of aromatic nitrogens is 5. The van der Waals surface area contributed by atoms with E-state index in [1.165, 1.54) is 12.3 Å². The highest BCUT2D eigenvalue weighted by atomic mass is 19.1. The topological polar surface area (TPSA) is 91.2 Å². The second-order valence-corrected chi connectivity index (χ2v) is 9.37. The summed E-state index contributed by atoms with van der Waals surface area (Å²) in [7, 11) is 0. The highest BCUT2D eigenvalue weighted by molar-refractivity contribution is 5.97. The number of aliphatic imine (C=N–C) groups is 1. The Morgan fingerprint density at radius 2 is 1.81 bits per heavy atom. The standard InChI is InChI=1S/C28H23FN6O2/c1-17-8-10-18(11-9-17)27-32-25-20(28(2,3)37-27)15-30-26(31-25)23-14-24(22-12-13-36-34-22)35(33-23)16-19-6-4-5-7-21(19)29/h4-15H,16H2,1-3H3. The molecule has 5 aromatic rings. The quantitative estimate of drug-likeness (QED) is 0.305. The first kappa shape index (κ1) is 22.8. The minimum atomic E-state index is -0.675. The first-order valence-corrected chi connectivity index (χ1v) is 11.8. The van der Waals surface area contributed by atoms with Gasteiger partial charge in [-0.3, -0.25) is 4.68 Å². The Kier molecular flexibility index (Phi) is 5.40. The van der Waals surface area contributed by atoms with Crippen LogP contribution in [0.1, 0.15) is 36.1 Å². The highest BCUT2D eigenvalue weighted by Gasteiger charge is 2.34. The van der Waals surface area contributed by atoms with Crippen LogP contribution in [0.2, 0.25) is 0 Å². The summed E-state index contributed by atoms with van der Waals surface area (Å²) >= 11 is 0. The fourth-order valence-electron chi connectivity index (χ4n) is 4.23. The molecular weight excluding hydrogens is 471 g/mol. The van der Waals surface area contributed by atoms with Gasteiger partial charge in [0.15, 0.2) is 11.6 Å². The Labute approximate surface area is 212 Å². The number of fused-ring (bicyclic) bond motifs is 1. The molecule has 0 aliphatic carbocycles. The fraction of sp³-hybridized carbons (Fsp3) is 0.179. The maximum Gasteiger partial charge on any atom is 0.223 e. The van der Waals surface area contributed by atoms with Crippen molar-refractivity contribution in [1.82, 2.24) is 24.9 Å². The molecule has 0 N–H and O–H groups in total. The second kappa shape index (κ2) is 8.77. The molecule has 184 valence electrons. The summed E-state index contributed by atoms with van der Waals surface area (Å²) in [4.78, 5) is 14.1. The number of hydrogen-bond donors (Lipinski definition) is 0. The van der Waals surface area contributed by atoms with Gasteiger partial charge in [0.05, 0.1) is 17.8 Å². The molecule has 1 aliphatic rings. The molecule has 0 bridgehead atoms. The lowest BCUT2D eigenvalue weighted by Crippen LogP contribution is -2.30. The summed E-state index contributed by atoms with van der Waals surface area (Å²) in [6.07, 6.45) is 3.20. The normalized spacial score (nSPS) is 14.1. The summed E-state index contributed by atoms with van der Waals surface area (Å²) in [6, 6.07) is 18.1.